The lowest BCUT2D eigenvalue weighted by Crippen LogP contribution is -2.34. The summed E-state index contributed by atoms with van der Waals surface area (Å²) in [5.74, 6) is 0.603. The number of benzene rings is 1. The smallest absolute Gasteiger partial charge is 0.340 e. The van der Waals surface area contributed by atoms with Gasteiger partial charge in [0.05, 0.1) is 25.8 Å². The molecule has 1 amide bonds. The van der Waals surface area contributed by atoms with E-state index < -0.39 is 5.97 Å². The maximum Gasteiger partial charge on any atom is 0.340 e. The molecule has 1 aliphatic rings. The summed E-state index contributed by atoms with van der Waals surface area (Å²) in [6.45, 7) is 0.296. The third-order valence-electron chi connectivity index (χ3n) is 4.59. The van der Waals surface area contributed by atoms with E-state index in [1.54, 1.807) is 37.4 Å². The van der Waals surface area contributed by atoms with Crippen molar-refractivity contribution in [3.8, 4) is 11.5 Å². The van der Waals surface area contributed by atoms with Crippen LogP contribution in [0.3, 0.4) is 0 Å². The number of ether oxygens (including phenoxy) is 3. The van der Waals surface area contributed by atoms with Crippen LogP contribution in [0.25, 0.3) is 0 Å². The third-order valence-corrected chi connectivity index (χ3v) is 4.59. The van der Waals surface area contributed by atoms with Crippen molar-refractivity contribution in [3.63, 3.8) is 0 Å². The van der Waals surface area contributed by atoms with Gasteiger partial charge in [0.25, 0.3) is 5.91 Å². The predicted molar refractivity (Wildman–Crippen MR) is 97.8 cm³/mol. The Labute approximate surface area is 157 Å². The molecule has 3 rings (SSSR count). The Bertz CT molecular complexity index is 809. The molecular formula is C20H22N2O5. The van der Waals surface area contributed by atoms with Gasteiger partial charge >= 0.3 is 5.97 Å². The highest BCUT2D eigenvalue weighted by molar-refractivity contribution is 5.91. The summed E-state index contributed by atoms with van der Waals surface area (Å²) in [7, 11) is 3.20. The number of rotatable bonds is 6. The molecule has 0 saturated carbocycles. The van der Waals surface area contributed by atoms with Crippen LogP contribution in [0.15, 0.2) is 42.7 Å². The van der Waals surface area contributed by atoms with E-state index >= 15 is 0 Å². The fourth-order valence-corrected chi connectivity index (χ4v) is 3.27. The number of carbonyl (C=O) groups is 2. The second-order valence-electron chi connectivity index (χ2n) is 6.17. The quantitative estimate of drug-likeness (QED) is 0.728. The molecular weight excluding hydrogens is 348 g/mol. The zero-order chi connectivity index (χ0) is 19.2. The SMILES string of the molecule is COc1ccc(OC)c([C@H]2CCCN2C(=O)COC(=O)c2cccnc2)c1. The minimum absolute atomic E-state index is 0.139. The van der Waals surface area contributed by atoms with E-state index in [9.17, 15) is 9.59 Å². The second-order valence-corrected chi connectivity index (χ2v) is 6.17. The van der Waals surface area contributed by atoms with Gasteiger partial charge in [0.2, 0.25) is 0 Å². The molecule has 7 heteroatoms. The van der Waals surface area contributed by atoms with Crippen LogP contribution < -0.4 is 9.47 Å². The molecule has 1 saturated heterocycles. The number of hydrogen-bond donors (Lipinski definition) is 0. The summed E-state index contributed by atoms with van der Waals surface area (Å²) in [5, 5.41) is 0. The van der Waals surface area contributed by atoms with Gasteiger partial charge in [0, 0.05) is 24.5 Å². The van der Waals surface area contributed by atoms with E-state index in [-0.39, 0.29) is 18.6 Å². The molecule has 1 aromatic carbocycles. The van der Waals surface area contributed by atoms with Gasteiger partial charge in [-0.05, 0) is 43.2 Å². The van der Waals surface area contributed by atoms with Crippen molar-refractivity contribution in [3.05, 3.63) is 53.9 Å². The van der Waals surface area contributed by atoms with Crippen LogP contribution in [-0.4, -0.2) is 49.1 Å². The van der Waals surface area contributed by atoms with E-state index in [1.807, 2.05) is 18.2 Å². The van der Waals surface area contributed by atoms with Crippen LogP contribution in [0.5, 0.6) is 11.5 Å². The first kappa shape index (κ1) is 18.7. The normalized spacial score (nSPS) is 16.1. The molecule has 2 aromatic rings. The highest BCUT2D eigenvalue weighted by atomic mass is 16.5. The minimum atomic E-state index is -0.564. The zero-order valence-electron chi connectivity index (χ0n) is 15.4. The summed E-state index contributed by atoms with van der Waals surface area (Å²) in [6, 6.07) is 8.64. The molecule has 1 atom stereocenters. The van der Waals surface area contributed by atoms with Crippen molar-refractivity contribution in [1.29, 1.82) is 0 Å². The number of aromatic nitrogens is 1. The van der Waals surface area contributed by atoms with Crippen LogP contribution in [0.1, 0.15) is 34.8 Å². The molecule has 0 bridgehead atoms. The Balaban J connectivity index is 1.71. The van der Waals surface area contributed by atoms with E-state index in [4.69, 9.17) is 14.2 Å². The van der Waals surface area contributed by atoms with E-state index in [0.717, 1.165) is 18.4 Å². The summed E-state index contributed by atoms with van der Waals surface area (Å²) < 4.78 is 15.9. The van der Waals surface area contributed by atoms with Crippen molar-refractivity contribution < 1.29 is 23.8 Å². The summed E-state index contributed by atoms with van der Waals surface area (Å²) >= 11 is 0. The molecule has 0 radical (unpaired) electrons. The van der Waals surface area contributed by atoms with Crippen molar-refractivity contribution in [2.75, 3.05) is 27.4 Å². The van der Waals surface area contributed by atoms with Gasteiger partial charge in [-0.3, -0.25) is 9.78 Å². The molecule has 0 unspecified atom stereocenters. The van der Waals surface area contributed by atoms with Gasteiger partial charge in [-0.1, -0.05) is 0 Å². The monoisotopic (exact) mass is 370 g/mol. The largest absolute Gasteiger partial charge is 0.497 e. The Hall–Kier alpha value is -3.09. The number of carbonyl (C=O) groups excluding carboxylic acids is 2. The lowest BCUT2D eigenvalue weighted by Gasteiger charge is -2.26. The van der Waals surface area contributed by atoms with Gasteiger partial charge in [-0.25, -0.2) is 4.79 Å². The van der Waals surface area contributed by atoms with Crippen LogP contribution in [0, 0.1) is 0 Å². The molecule has 142 valence electrons. The van der Waals surface area contributed by atoms with Gasteiger partial charge in [-0.2, -0.15) is 0 Å². The molecule has 27 heavy (non-hydrogen) atoms. The number of nitrogens with zero attached hydrogens (tertiary/aromatic N) is 2. The third kappa shape index (κ3) is 4.19. The Kier molecular flexibility index (Phi) is 5.90. The minimum Gasteiger partial charge on any atom is -0.497 e. The van der Waals surface area contributed by atoms with Crippen LogP contribution in [0.2, 0.25) is 0 Å². The predicted octanol–water partition coefficient (Wildman–Crippen LogP) is 2.62. The Morgan fingerprint density at radius 3 is 2.78 bits per heavy atom. The maximum absolute atomic E-state index is 12.7. The number of pyridine rings is 1. The molecule has 0 spiro atoms. The molecule has 1 aliphatic heterocycles. The van der Waals surface area contributed by atoms with Crippen LogP contribution >= 0.6 is 0 Å². The van der Waals surface area contributed by atoms with E-state index in [1.165, 1.54) is 6.20 Å². The average molecular weight is 370 g/mol. The molecule has 7 nitrogen and oxygen atoms in total. The van der Waals surface area contributed by atoms with E-state index in [0.29, 0.717) is 23.6 Å². The van der Waals surface area contributed by atoms with Crippen LogP contribution in [-0.2, 0) is 9.53 Å². The average Bonchev–Trinajstić information content (AvgIpc) is 3.21. The van der Waals surface area contributed by atoms with Gasteiger partial charge in [0.1, 0.15) is 11.5 Å². The highest BCUT2D eigenvalue weighted by Gasteiger charge is 2.32. The number of amides is 1. The number of esters is 1. The number of methoxy groups -OCH3 is 2. The zero-order valence-corrected chi connectivity index (χ0v) is 15.4. The van der Waals surface area contributed by atoms with Crippen molar-refractivity contribution in [2.24, 2.45) is 0 Å². The maximum atomic E-state index is 12.7. The number of hydrogen-bond acceptors (Lipinski definition) is 6. The lowest BCUT2D eigenvalue weighted by molar-refractivity contribution is -0.135. The Morgan fingerprint density at radius 1 is 1.22 bits per heavy atom. The molecule has 0 aliphatic carbocycles. The standard InChI is InChI=1S/C20H22N2O5/c1-25-15-7-8-18(26-2)16(11-15)17-6-4-10-22(17)19(23)13-27-20(24)14-5-3-9-21-12-14/h3,5,7-9,11-12,17H,4,6,10,13H2,1-2H3/t17-/m1/s1. The molecule has 1 fully saturated rings. The topological polar surface area (TPSA) is 78.0 Å². The Morgan fingerprint density at radius 2 is 2.07 bits per heavy atom. The number of likely N-dealkylation sites (tertiary alicyclic amines) is 1. The van der Waals surface area contributed by atoms with Gasteiger partial charge in [0.15, 0.2) is 6.61 Å². The highest BCUT2D eigenvalue weighted by Crippen LogP contribution is 2.38. The second kappa shape index (κ2) is 8.53. The van der Waals surface area contributed by atoms with Gasteiger partial charge in [-0.15, -0.1) is 0 Å². The first-order valence-electron chi connectivity index (χ1n) is 8.72. The van der Waals surface area contributed by atoms with Crippen molar-refractivity contribution in [2.45, 2.75) is 18.9 Å². The van der Waals surface area contributed by atoms with E-state index in [2.05, 4.69) is 4.98 Å². The molecule has 0 N–H and O–H groups in total. The first-order valence-corrected chi connectivity index (χ1v) is 8.72. The lowest BCUT2D eigenvalue weighted by atomic mass is 10.0. The van der Waals surface area contributed by atoms with Crippen LogP contribution in [0.4, 0.5) is 0 Å². The van der Waals surface area contributed by atoms with Crippen molar-refractivity contribution in [1.82, 2.24) is 9.88 Å². The summed E-state index contributed by atoms with van der Waals surface area (Å²) in [4.78, 5) is 30.3. The summed E-state index contributed by atoms with van der Waals surface area (Å²) in [5.41, 5.74) is 1.21. The fraction of sp³-hybridized carbons (Fsp3) is 0.350. The first-order chi connectivity index (χ1) is 13.1. The molecule has 1 aromatic heterocycles. The summed E-state index contributed by atoms with van der Waals surface area (Å²) in [6.07, 6.45) is 4.66. The fourth-order valence-electron chi connectivity index (χ4n) is 3.27. The van der Waals surface area contributed by atoms with Crippen molar-refractivity contribution >= 4 is 11.9 Å². The van der Waals surface area contributed by atoms with Gasteiger partial charge < -0.3 is 19.1 Å². The molecule has 2 heterocycles.